The molecule has 2 unspecified atom stereocenters. The Labute approximate surface area is 90.6 Å². The molecule has 1 saturated heterocycles. The summed E-state index contributed by atoms with van der Waals surface area (Å²) in [6.45, 7) is 4.04. The van der Waals surface area contributed by atoms with E-state index < -0.39 is 0 Å². The zero-order valence-electron chi connectivity index (χ0n) is 8.91. The van der Waals surface area contributed by atoms with Crippen molar-refractivity contribution in [3.05, 3.63) is 35.4 Å². The highest BCUT2D eigenvalue weighted by Gasteiger charge is 2.29. The molecule has 2 aliphatic heterocycles. The molecule has 0 amide bonds. The molecular weight excluding hydrogens is 186 g/mol. The molecule has 0 aromatic heterocycles. The van der Waals surface area contributed by atoms with Gasteiger partial charge in [0.1, 0.15) is 0 Å². The molecule has 80 valence electrons. The second kappa shape index (κ2) is 3.95. The van der Waals surface area contributed by atoms with Crippen LogP contribution in [0.5, 0.6) is 0 Å². The second-order valence-electron chi connectivity index (χ2n) is 4.56. The lowest BCUT2D eigenvalue weighted by Gasteiger charge is -2.30. The van der Waals surface area contributed by atoms with Gasteiger partial charge in [0.15, 0.2) is 0 Å². The Morgan fingerprint density at radius 3 is 3.07 bits per heavy atom. The molecule has 2 heterocycles. The van der Waals surface area contributed by atoms with Gasteiger partial charge < -0.3 is 10.1 Å². The fraction of sp³-hybridized carbons (Fsp3) is 0.538. The zero-order chi connectivity index (χ0) is 10.1. The van der Waals surface area contributed by atoms with E-state index in [0.29, 0.717) is 5.92 Å². The van der Waals surface area contributed by atoms with Crippen molar-refractivity contribution in [2.75, 3.05) is 19.8 Å². The molecule has 1 aromatic carbocycles. The molecule has 0 radical (unpaired) electrons. The first-order valence-electron chi connectivity index (χ1n) is 5.81. The van der Waals surface area contributed by atoms with Crippen molar-refractivity contribution >= 4 is 0 Å². The topological polar surface area (TPSA) is 21.3 Å². The van der Waals surface area contributed by atoms with E-state index in [1.54, 1.807) is 5.56 Å². The van der Waals surface area contributed by atoms with Crippen LogP contribution in [0.3, 0.4) is 0 Å². The lowest BCUT2D eigenvalue weighted by molar-refractivity contribution is 0.179. The van der Waals surface area contributed by atoms with Crippen molar-refractivity contribution in [1.29, 1.82) is 0 Å². The van der Waals surface area contributed by atoms with Crippen molar-refractivity contribution < 1.29 is 4.74 Å². The maximum absolute atomic E-state index is 5.50. The average molecular weight is 203 g/mol. The predicted molar refractivity (Wildman–Crippen MR) is 59.8 cm³/mol. The van der Waals surface area contributed by atoms with Crippen LogP contribution in [0.4, 0.5) is 0 Å². The smallest absolute Gasteiger partial charge is 0.0501 e. The molecule has 0 aliphatic carbocycles. The standard InChI is InChI=1S/C13H17NO/c1-2-4-12-10(3-1)7-14-8-13(12)11-5-6-15-9-11/h1-4,11,13-14H,5-9H2. The Balaban J connectivity index is 1.91. The molecule has 2 aliphatic rings. The Hall–Kier alpha value is -0.860. The van der Waals surface area contributed by atoms with Crippen LogP contribution in [0.15, 0.2) is 24.3 Å². The van der Waals surface area contributed by atoms with Gasteiger partial charge in [-0.05, 0) is 23.5 Å². The first-order valence-corrected chi connectivity index (χ1v) is 5.81. The Morgan fingerprint density at radius 2 is 2.20 bits per heavy atom. The Morgan fingerprint density at radius 1 is 1.27 bits per heavy atom. The van der Waals surface area contributed by atoms with Crippen molar-refractivity contribution in [2.24, 2.45) is 5.92 Å². The molecule has 1 aromatic rings. The lowest BCUT2D eigenvalue weighted by atomic mass is 9.81. The van der Waals surface area contributed by atoms with Crippen LogP contribution in [-0.4, -0.2) is 19.8 Å². The number of fused-ring (bicyclic) bond motifs is 1. The average Bonchev–Trinajstić information content (AvgIpc) is 2.82. The van der Waals surface area contributed by atoms with Crippen LogP contribution in [0.1, 0.15) is 23.5 Å². The van der Waals surface area contributed by atoms with Gasteiger partial charge in [0.2, 0.25) is 0 Å². The number of nitrogens with one attached hydrogen (secondary N) is 1. The Bertz CT molecular complexity index is 344. The largest absolute Gasteiger partial charge is 0.381 e. The van der Waals surface area contributed by atoms with Gasteiger partial charge in [-0.3, -0.25) is 0 Å². The lowest BCUT2D eigenvalue weighted by Crippen LogP contribution is -2.32. The van der Waals surface area contributed by atoms with Crippen molar-refractivity contribution in [1.82, 2.24) is 5.32 Å². The number of rotatable bonds is 1. The van der Waals surface area contributed by atoms with Gasteiger partial charge in [0, 0.05) is 25.6 Å². The number of hydrogen-bond donors (Lipinski definition) is 1. The molecule has 1 N–H and O–H groups in total. The summed E-state index contributed by atoms with van der Waals surface area (Å²) in [4.78, 5) is 0. The summed E-state index contributed by atoms with van der Waals surface area (Å²) >= 11 is 0. The molecular formula is C13H17NO. The molecule has 1 fully saturated rings. The number of hydrogen-bond acceptors (Lipinski definition) is 2. The number of benzene rings is 1. The SMILES string of the molecule is c1ccc2c(c1)CNCC2C1CCOC1. The van der Waals surface area contributed by atoms with Crippen molar-refractivity contribution in [3.63, 3.8) is 0 Å². The van der Waals surface area contributed by atoms with Gasteiger partial charge in [-0.2, -0.15) is 0 Å². The van der Waals surface area contributed by atoms with Gasteiger partial charge in [0.05, 0.1) is 6.61 Å². The van der Waals surface area contributed by atoms with Crippen LogP contribution in [0.2, 0.25) is 0 Å². The van der Waals surface area contributed by atoms with Crippen molar-refractivity contribution in [3.8, 4) is 0 Å². The molecule has 2 heteroatoms. The van der Waals surface area contributed by atoms with Gasteiger partial charge in [-0.1, -0.05) is 24.3 Å². The second-order valence-corrected chi connectivity index (χ2v) is 4.56. The summed E-state index contributed by atoms with van der Waals surface area (Å²) in [6.07, 6.45) is 1.22. The maximum Gasteiger partial charge on any atom is 0.0501 e. The van der Waals surface area contributed by atoms with E-state index in [1.807, 2.05) is 0 Å². The fourth-order valence-electron chi connectivity index (χ4n) is 2.82. The molecule has 0 spiro atoms. The van der Waals surface area contributed by atoms with E-state index >= 15 is 0 Å². The molecule has 0 saturated carbocycles. The predicted octanol–water partition coefficient (Wildman–Crippen LogP) is 1.91. The first-order chi connectivity index (χ1) is 7.45. The van der Waals surface area contributed by atoms with Crippen LogP contribution < -0.4 is 5.32 Å². The van der Waals surface area contributed by atoms with Crippen LogP contribution in [0.25, 0.3) is 0 Å². The number of ether oxygens (including phenoxy) is 1. The minimum absolute atomic E-state index is 0.664. The zero-order valence-corrected chi connectivity index (χ0v) is 8.91. The molecule has 2 atom stereocenters. The molecule has 3 rings (SSSR count). The van der Waals surface area contributed by atoms with Crippen LogP contribution in [0, 0.1) is 5.92 Å². The van der Waals surface area contributed by atoms with E-state index in [0.717, 1.165) is 32.2 Å². The third kappa shape index (κ3) is 1.68. The molecule has 15 heavy (non-hydrogen) atoms. The third-order valence-electron chi connectivity index (χ3n) is 3.67. The van der Waals surface area contributed by atoms with E-state index in [-0.39, 0.29) is 0 Å². The van der Waals surface area contributed by atoms with Gasteiger partial charge in [0.25, 0.3) is 0 Å². The maximum atomic E-state index is 5.50. The summed E-state index contributed by atoms with van der Waals surface area (Å²) in [5.74, 6) is 1.39. The summed E-state index contributed by atoms with van der Waals surface area (Å²) < 4.78 is 5.50. The van der Waals surface area contributed by atoms with Crippen LogP contribution >= 0.6 is 0 Å². The summed E-state index contributed by atoms with van der Waals surface area (Å²) in [5, 5.41) is 3.51. The summed E-state index contributed by atoms with van der Waals surface area (Å²) in [5.41, 5.74) is 3.02. The van der Waals surface area contributed by atoms with Gasteiger partial charge in [-0.15, -0.1) is 0 Å². The summed E-state index contributed by atoms with van der Waals surface area (Å²) in [6, 6.07) is 8.82. The minimum Gasteiger partial charge on any atom is -0.381 e. The molecule has 2 nitrogen and oxygen atoms in total. The highest BCUT2D eigenvalue weighted by molar-refractivity contribution is 5.33. The van der Waals surface area contributed by atoms with Crippen molar-refractivity contribution in [2.45, 2.75) is 18.9 Å². The van der Waals surface area contributed by atoms with E-state index in [4.69, 9.17) is 4.74 Å². The highest BCUT2D eigenvalue weighted by atomic mass is 16.5. The molecule has 0 bridgehead atoms. The third-order valence-corrected chi connectivity index (χ3v) is 3.67. The van der Waals surface area contributed by atoms with E-state index in [9.17, 15) is 0 Å². The highest BCUT2D eigenvalue weighted by Crippen LogP contribution is 2.34. The van der Waals surface area contributed by atoms with E-state index in [2.05, 4.69) is 29.6 Å². The first kappa shape index (κ1) is 9.37. The minimum atomic E-state index is 0.664. The Kier molecular flexibility index (Phi) is 2.47. The quantitative estimate of drug-likeness (QED) is 0.753. The fourth-order valence-corrected chi connectivity index (χ4v) is 2.82. The van der Waals surface area contributed by atoms with Gasteiger partial charge >= 0.3 is 0 Å². The van der Waals surface area contributed by atoms with Gasteiger partial charge in [-0.25, -0.2) is 0 Å². The van der Waals surface area contributed by atoms with E-state index in [1.165, 1.54) is 12.0 Å². The van der Waals surface area contributed by atoms with Crippen LogP contribution in [-0.2, 0) is 11.3 Å². The monoisotopic (exact) mass is 203 g/mol. The summed E-state index contributed by atoms with van der Waals surface area (Å²) in [7, 11) is 0. The normalized spacial score (nSPS) is 30.1.